The molecule has 1 aromatic carbocycles. The predicted molar refractivity (Wildman–Crippen MR) is 93.4 cm³/mol. The first-order valence-corrected chi connectivity index (χ1v) is 7.74. The van der Waals surface area contributed by atoms with Crippen molar-refractivity contribution < 1.29 is 30.0 Å². The Hall–Kier alpha value is -2.20. The molecule has 0 spiro atoms. The van der Waals surface area contributed by atoms with Crippen molar-refractivity contribution in [3.05, 3.63) is 17.7 Å². The number of nitrogens with one attached hydrogen (secondary N) is 3. The fraction of sp³-hybridized carbons (Fsp3) is 0.500. The maximum absolute atomic E-state index is 11.4. The Morgan fingerprint density at radius 1 is 0.960 bits per heavy atom. The van der Waals surface area contributed by atoms with Gasteiger partial charge < -0.3 is 36.4 Å². The number of benzene rings is 1. The van der Waals surface area contributed by atoms with Crippen LogP contribution in [0.3, 0.4) is 0 Å². The molecule has 9 heteroatoms. The molecule has 0 aromatic heterocycles. The van der Waals surface area contributed by atoms with E-state index in [9.17, 15) is 24.9 Å². The molecule has 140 valence electrons. The molecule has 0 saturated heterocycles. The van der Waals surface area contributed by atoms with Crippen molar-refractivity contribution in [1.82, 2.24) is 0 Å². The van der Waals surface area contributed by atoms with Crippen molar-refractivity contribution >= 4 is 28.9 Å². The standard InChI is InChI=1S/C16H25N3O6/c1-8-4-12(17-6-14(23)16(25)15(24)7-20)13(19-10(3)22)5-11(8)18-9(2)21/h4-5,14-17,20,23-25H,6-7H2,1-3H3,(H,18,21)(H,19,22). The van der Waals surface area contributed by atoms with Crippen LogP contribution >= 0.6 is 0 Å². The van der Waals surface area contributed by atoms with E-state index in [1.165, 1.54) is 13.8 Å². The highest BCUT2D eigenvalue weighted by molar-refractivity contribution is 5.96. The number of aryl methyl sites for hydroxylation is 1. The van der Waals surface area contributed by atoms with Gasteiger partial charge in [0.25, 0.3) is 0 Å². The molecule has 0 radical (unpaired) electrons. The Kier molecular flexibility index (Phi) is 7.78. The summed E-state index contributed by atoms with van der Waals surface area (Å²) < 4.78 is 0. The molecule has 0 aliphatic carbocycles. The Bertz CT molecular complexity index is 622. The van der Waals surface area contributed by atoms with E-state index in [0.29, 0.717) is 17.1 Å². The Morgan fingerprint density at radius 2 is 1.52 bits per heavy atom. The average Bonchev–Trinajstić information content (AvgIpc) is 2.53. The van der Waals surface area contributed by atoms with E-state index >= 15 is 0 Å². The lowest BCUT2D eigenvalue weighted by Crippen LogP contribution is -2.42. The van der Waals surface area contributed by atoms with Gasteiger partial charge in [0.2, 0.25) is 11.8 Å². The van der Waals surface area contributed by atoms with Crippen LogP contribution in [0.1, 0.15) is 19.4 Å². The van der Waals surface area contributed by atoms with E-state index in [0.717, 1.165) is 5.56 Å². The maximum atomic E-state index is 11.4. The summed E-state index contributed by atoms with van der Waals surface area (Å²) in [6.07, 6.45) is -4.33. The SMILES string of the molecule is CC(=O)Nc1cc(NC(C)=O)c(NCC(O)C(O)C(O)CO)cc1C. The lowest BCUT2D eigenvalue weighted by Gasteiger charge is -2.23. The van der Waals surface area contributed by atoms with Crippen LogP contribution in [0.15, 0.2) is 12.1 Å². The topological polar surface area (TPSA) is 151 Å². The minimum atomic E-state index is -1.53. The third kappa shape index (κ3) is 6.31. The normalized spacial score (nSPS) is 14.4. The number of aliphatic hydroxyl groups is 4. The van der Waals surface area contributed by atoms with Crippen molar-refractivity contribution in [3.63, 3.8) is 0 Å². The number of amides is 2. The van der Waals surface area contributed by atoms with E-state index in [1.807, 2.05) is 0 Å². The molecule has 0 fully saturated rings. The maximum Gasteiger partial charge on any atom is 0.221 e. The second kappa shape index (κ2) is 9.33. The summed E-state index contributed by atoms with van der Waals surface area (Å²) in [5, 5.41) is 45.8. The van der Waals surface area contributed by atoms with Crippen molar-refractivity contribution in [1.29, 1.82) is 0 Å². The van der Waals surface area contributed by atoms with Gasteiger partial charge in [-0.25, -0.2) is 0 Å². The average molecular weight is 355 g/mol. The highest BCUT2D eigenvalue weighted by Crippen LogP contribution is 2.29. The molecular formula is C16H25N3O6. The number of hydrogen-bond acceptors (Lipinski definition) is 7. The quantitative estimate of drug-likeness (QED) is 0.329. The number of carbonyl (C=O) groups is 2. The molecule has 1 aromatic rings. The molecule has 0 aliphatic rings. The summed E-state index contributed by atoms with van der Waals surface area (Å²) in [6, 6.07) is 3.24. The van der Waals surface area contributed by atoms with Crippen molar-refractivity contribution in [2.24, 2.45) is 0 Å². The Morgan fingerprint density at radius 3 is 2.04 bits per heavy atom. The molecular weight excluding hydrogens is 330 g/mol. The first-order valence-electron chi connectivity index (χ1n) is 7.74. The first kappa shape index (κ1) is 20.8. The van der Waals surface area contributed by atoms with Crippen LogP contribution in [0.4, 0.5) is 17.1 Å². The number of anilines is 3. The van der Waals surface area contributed by atoms with Crippen LogP contribution in [0.5, 0.6) is 0 Å². The monoisotopic (exact) mass is 355 g/mol. The number of carbonyl (C=O) groups excluding carboxylic acids is 2. The summed E-state index contributed by atoms with van der Waals surface area (Å²) in [5.41, 5.74) is 2.09. The lowest BCUT2D eigenvalue weighted by atomic mass is 10.1. The molecule has 9 nitrogen and oxygen atoms in total. The molecule has 0 heterocycles. The van der Waals surface area contributed by atoms with Crippen LogP contribution in [0.2, 0.25) is 0 Å². The van der Waals surface area contributed by atoms with Gasteiger partial charge >= 0.3 is 0 Å². The molecule has 0 aliphatic heterocycles. The Balaban J connectivity index is 2.98. The van der Waals surface area contributed by atoms with Gasteiger partial charge in [0.1, 0.15) is 12.2 Å². The number of hydrogen-bond donors (Lipinski definition) is 7. The molecule has 25 heavy (non-hydrogen) atoms. The molecule has 3 unspecified atom stereocenters. The van der Waals surface area contributed by atoms with Crippen LogP contribution in [0.25, 0.3) is 0 Å². The summed E-state index contributed by atoms with van der Waals surface area (Å²) >= 11 is 0. The van der Waals surface area contributed by atoms with Gasteiger partial charge in [-0.05, 0) is 24.6 Å². The fourth-order valence-electron chi connectivity index (χ4n) is 2.17. The molecule has 0 bridgehead atoms. The second-order valence-corrected chi connectivity index (χ2v) is 5.76. The van der Waals surface area contributed by atoms with Crippen molar-refractivity contribution in [3.8, 4) is 0 Å². The van der Waals surface area contributed by atoms with Crippen LogP contribution in [0, 0.1) is 6.92 Å². The highest BCUT2D eigenvalue weighted by atomic mass is 16.4. The second-order valence-electron chi connectivity index (χ2n) is 5.76. The van der Waals surface area contributed by atoms with Crippen LogP contribution < -0.4 is 16.0 Å². The molecule has 1 rings (SSSR count). The van der Waals surface area contributed by atoms with Gasteiger partial charge in [-0.2, -0.15) is 0 Å². The minimum Gasteiger partial charge on any atom is -0.394 e. The molecule has 7 N–H and O–H groups in total. The number of aliphatic hydroxyl groups excluding tert-OH is 4. The van der Waals surface area contributed by atoms with E-state index in [-0.39, 0.29) is 18.4 Å². The van der Waals surface area contributed by atoms with Crippen LogP contribution in [-0.4, -0.2) is 63.7 Å². The van der Waals surface area contributed by atoms with Gasteiger partial charge in [-0.15, -0.1) is 0 Å². The Labute approximate surface area is 145 Å². The molecule has 2 amide bonds. The molecule has 0 saturated carbocycles. The van der Waals surface area contributed by atoms with Gasteiger partial charge in [-0.1, -0.05) is 0 Å². The zero-order chi connectivity index (χ0) is 19.1. The first-order chi connectivity index (χ1) is 11.6. The van der Waals surface area contributed by atoms with Gasteiger partial charge in [0, 0.05) is 26.1 Å². The smallest absolute Gasteiger partial charge is 0.221 e. The zero-order valence-corrected chi connectivity index (χ0v) is 14.4. The number of rotatable bonds is 8. The lowest BCUT2D eigenvalue weighted by molar-refractivity contribution is -0.115. The van der Waals surface area contributed by atoms with Gasteiger partial charge in [-0.3, -0.25) is 9.59 Å². The van der Waals surface area contributed by atoms with E-state index < -0.39 is 24.9 Å². The third-order valence-electron chi connectivity index (χ3n) is 3.46. The summed E-state index contributed by atoms with van der Waals surface area (Å²) in [5.74, 6) is -0.578. The van der Waals surface area contributed by atoms with E-state index in [4.69, 9.17) is 5.11 Å². The van der Waals surface area contributed by atoms with Gasteiger partial charge in [0.05, 0.1) is 24.1 Å². The predicted octanol–water partition coefficient (Wildman–Crippen LogP) is -0.601. The van der Waals surface area contributed by atoms with Gasteiger partial charge in [0.15, 0.2) is 0 Å². The highest BCUT2D eigenvalue weighted by Gasteiger charge is 2.24. The van der Waals surface area contributed by atoms with E-state index in [1.54, 1.807) is 19.1 Å². The third-order valence-corrected chi connectivity index (χ3v) is 3.46. The fourth-order valence-corrected chi connectivity index (χ4v) is 2.17. The minimum absolute atomic E-state index is 0.135. The van der Waals surface area contributed by atoms with E-state index in [2.05, 4.69) is 16.0 Å². The largest absolute Gasteiger partial charge is 0.394 e. The summed E-state index contributed by atoms with van der Waals surface area (Å²) in [4.78, 5) is 22.6. The van der Waals surface area contributed by atoms with Crippen LogP contribution in [-0.2, 0) is 9.59 Å². The summed E-state index contributed by atoms with van der Waals surface area (Å²) in [6.45, 7) is 3.64. The van der Waals surface area contributed by atoms with Crippen molar-refractivity contribution in [2.75, 3.05) is 29.1 Å². The zero-order valence-electron chi connectivity index (χ0n) is 14.4. The van der Waals surface area contributed by atoms with Crippen molar-refractivity contribution in [2.45, 2.75) is 39.1 Å². The summed E-state index contributed by atoms with van der Waals surface area (Å²) in [7, 11) is 0. The molecule has 3 atom stereocenters.